The van der Waals surface area contributed by atoms with E-state index in [1.807, 2.05) is 0 Å². The summed E-state index contributed by atoms with van der Waals surface area (Å²) in [6, 6.07) is -0.734. The topological polar surface area (TPSA) is 289 Å². The number of phosphoric ester groups is 1. The van der Waals surface area contributed by atoms with Gasteiger partial charge in [-0.05, 0) is 12.3 Å². The molecule has 4 aromatic rings. The van der Waals surface area contributed by atoms with Gasteiger partial charge in [-0.25, -0.2) is 29.1 Å². The monoisotopic (exact) mass is 714 g/mol. The van der Waals surface area contributed by atoms with E-state index in [1.165, 1.54) is 30.7 Å². The molecule has 6 heterocycles. The Kier molecular flexibility index (Phi) is 7.15. The smallest absolute Gasteiger partial charge is 0.388 e. The van der Waals surface area contributed by atoms with Crippen LogP contribution in [0.25, 0.3) is 22.3 Å². The highest BCUT2D eigenvalue weighted by molar-refractivity contribution is 8.44. The second-order valence-corrected chi connectivity index (χ2v) is 16.0. The number of aliphatic hydroxyl groups excluding tert-OH is 1. The van der Waals surface area contributed by atoms with Crippen LogP contribution in [-0.4, -0.2) is 99.9 Å². The second kappa shape index (κ2) is 10.7. The van der Waals surface area contributed by atoms with E-state index in [0.29, 0.717) is 17.6 Å². The zero-order valence-corrected chi connectivity index (χ0v) is 26.9. The Hall–Kier alpha value is -3.01. The third kappa shape index (κ3) is 4.93. The SMILES string of the molecule is CO[C@H]1[C@H]2OP(=O)(O)OCC34C[C@@H]3[C@@H](n3cnc5c(N)ncnc53)[C@H](O)[C@@H]4O[P@](=O)(S)OC[C@H]1O[C@H]2n1cnc2c(=O)[nH]c(N)nc21. The number of phosphoric acid groups is 1. The normalized spacial score (nSPS) is 40.4. The van der Waals surface area contributed by atoms with E-state index >= 15 is 0 Å². The molecule has 0 amide bonds. The summed E-state index contributed by atoms with van der Waals surface area (Å²) in [5, 5.41) is 11.6. The number of H-pyrrole nitrogens is 1. The van der Waals surface area contributed by atoms with Crippen LogP contribution in [0.15, 0.2) is 23.8 Å². The van der Waals surface area contributed by atoms with Crippen LogP contribution in [-0.2, 0) is 36.7 Å². The molecule has 47 heavy (non-hydrogen) atoms. The van der Waals surface area contributed by atoms with Crippen molar-refractivity contribution in [2.24, 2.45) is 11.3 Å². The molecule has 7 N–H and O–H groups in total. The summed E-state index contributed by atoms with van der Waals surface area (Å²) < 4.78 is 64.8. The number of thiol groups is 1. The summed E-state index contributed by atoms with van der Waals surface area (Å²) in [6.07, 6.45) is -3.17. The van der Waals surface area contributed by atoms with Crippen molar-refractivity contribution < 1.29 is 46.7 Å². The van der Waals surface area contributed by atoms with Gasteiger partial charge in [0, 0.05) is 12.5 Å². The minimum absolute atomic E-state index is 0.00753. The number of aromatic nitrogens is 8. The largest absolute Gasteiger partial charge is 0.472 e. The van der Waals surface area contributed by atoms with E-state index in [4.69, 9.17) is 39.0 Å². The first kappa shape index (κ1) is 31.3. The maximum Gasteiger partial charge on any atom is 0.472 e. The molecule has 24 heteroatoms. The first-order chi connectivity index (χ1) is 22.3. The maximum absolute atomic E-state index is 13.7. The van der Waals surface area contributed by atoms with Crippen LogP contribution < -0.4 is 17.0 Å². The molecule has 8 rings (SSSR count). The lowest BCUT2D eigenvalue weighted by Crippen LogP contribution is -2.37. The number of rotatable bonds is 3. The van der Waals surface area contributed by atoms with Crippen molar-refractivity contribution in [1.82, 2.24) is 39.0 Å². The van der Waals surface area contributed by atoms with Gasteiger partial charge in [0.1, 0.15) is 42.4 Å². The Balaban J connectivity index is 1.15. The minimum atomic E-state index is -4.94. The molecular weight excluding hydrogens is 686 g/mol. The van der Waals surface area contributed by atoms with E-state index < -0.39 is 87.5 Å². The summed E-state index contributed by atoms with van der Waals surface area (Å²) in [5.41, 5.74) is 10.5. The zero-order chi connectivity index (χ0) is 33.0. The molecule has 4 fully saturated rings. The average molecular weight is 715 g/mol. The van der Waals surface area contributed by atoms with Crippen LogP contribution in [0.4, 0.5) is 11.8 Å². The molecule has 2 saturated heterocycles. The predicted molar refractivity (Wildman–Crippen MR) is 161 cm³/mol. The standard InChI is InChI=1S/C23H28N10O11P2S/c1-39-14-9-3-40-46(38,47)44-16-13(34)12(32-6-28-10-17(24)26-5-27-18(10)32)8-2-23(8,16)4-41-45(36,37)43-15(14)21(42-9)33-7-29-11-19(33)30-22(25)31-20(11)35/h5-9,12-16,21,34H,2-4H2,1H3,(H,36,37)(H,38,47)(H2,24,26,27)(H3,25,30,31,35)/t8-,9-,12-,13+,14-,15-,16+,21-,23?,46-/m1/s1. The number of imidazole rings is 2. The number of ether oxygens (including phenoxy) is 2. The molecule has 2 aliphatic heterocycles. The Morgan fingerprint density at radius 3 is 2.66 bits per heavy atom. The molecule has 2 bridgehead atoms. The quantitative estimate of drug-likeness (QED) is 0.119. The highest BCUT2D eigenvalue weighted by Crippen LogP contribution is 2.73. The van der Waals surface area contributed by atoms with Crippen LogP contribution >= 0.6 is 26.9 Å². The van der Waals surface area contributed by atoms with Crippen molar-refractivity contribution in [2.75, 3.05) is 31.8 Å². The molecule has 2 saturated carbocycles. The van der Waals surface area contributed by atoms with Gasteiger partial charge in [-0.2, -0.15) is 4.98 Å². The number of nitrogens with one attached hydrogen (secondary N) is 1. The first-order valence-electron chi connectivity index (χ1n) is 14.2. The molecular formula is C23H28N10O11P2S. The molecule has 4 aromatic heterocycles. The van der Waals surface area contributed by atoms with Crippen molar-refractivity contribution in [3.05, 3.63) is 29.3 Å². The summed E-state index contributed by atoms with van der Waals surface area (Å²) >= 11 is 4.19. The Morgan fingerprint density at radius 1 is 1.11 bits per heavy atom. The lowest BCUT2D eigenvalue weighted by molar-refractivity contribution is -0.0600. The maximum atomic E-state index is 13.7. The molecule has 0 radical (unpaired) electrons. The van der Waals surface area contributed by atoms with Gasteiger partial charge in [0.25, 0.3) is 5.56 Å². The van der Waals surface area contributed by atoms with Gasteiger partial charge < -0.3 is 35.5 Å². The molecule has 21 nitrogen and oxygen atoms in total. The first-order valence-corrected chi connectivity index (χ1v) is 18.3. The Bertz CT molecular complexity index is 2060. The number of hydrogen-bond acceptors (Lipinski definition) is 17. The third-order valence-electron chi connectivity index (χ3n) is 9.21. The Labute approximate surface area is 268 Å². The third-order valence-corrected chi connectivity index (χ3v) is 11.8. The number of fused-ring (bicyclic) bond motifs is 4. The van der Waals surface area contributed by atoms with Gasteiger partial charge in [0.05, 0.1) is 31.9 Å². The van der Waals surface area contributed by atoms with Gasteiger partial charge in [-0.3, -0.25) is 32.4 Å². The molecule has 2 aliphatic carbocycles. The van der Waals surface area contributed by atoms with Gasteiger partial charge in [-0.1, -0.05) is 12.2 Å². The number of nitrogens with two attached hydrogens (primary N) is 2. The summed E-state index contributed by atoms with van der Waals surface area (Å²) in [5.74, 6) is -0.487. The van der Waals surface area contributed by atoms with Gasteiger partial charge >= 0.3 is 14.6 Å². The molecule has 1 spiro atoms. The van der Waals surface area contributed by atoms with Crippen molar-refractivity contribution in [3.8, 4) is 0 Å². The minimum Gasteiger partial charge on any atom is -0.388 e. The van der Waals surface area contributed by atoms with E-state index in [1.54, 1.807) is 4.57 Å². The van der Waals surface area contributed by atoms with Crippen molar-refractivity contribution in [3.63, 3.8) is 0 Å². The van der Waals surface area contributed by atoms with Crippen molar-refractivity contribution in [1.29, 1.82) is 0 Å². The molecule has 252 valence electrons. The lowest BCUT2D eigenvalue weighted by atomic mass is 10.0. The van der Waals surface area contributed by atoms with E-state index in [9.17, 15) is 23.9 Å². The van der Waals surface area contributed by atoms with Gasteiger partial charge in [0.2, 0.25) is 5.95 Å². The van der Waals surface area contributed by atoms with Crippen molar-refractivity contribution in [2.45, 2.75) is 49.2 Å². The molecule has 2 unspecified atom stereocenters. The summed E-state index contributed by atoms with van der Waals surface area (Å²) in [6.45, 7) is -5.18. The van der Waals surface area contributed by atoms with Crippen molar-refractivity contribution >= 4 is 61.0 Å². The Morgan fingerprint density at radius 2 is 1.87 bits per heavy atom. The average Bonchev–Trinajstić information content (AvgIpc) is 3.30. The number of aromatic amines is 1. The second-order valence-electron chi connectivity index (χ2n) is 11.8. The van der Waals surface area contributed by atoms with Crippen LogP contribution in [0, 0.1) is 11.3 Å². The molecule has 11 atom stereocenters. The number of aliphatic hydroxyl groups is 1. The van der Waals surface area contributed by atoms with Gasteiger partial charge in [-0.15, -0.1) is 0 Å². The van der Waals surface area contributed by atoms with E-state index in [0.717, 1.165) is 0 Å². The summed E-state index contributed by atoms with van der Waals surface area (Å²) in [4.78, 5) is 46.5. The highest BCUT2D eigenvalue weighted by Gasteiger charge is 2.74. The molecule has 4 aliphatic rings. The van der Waals surface area contributed by atoms with Crippen LogP contribution in [0.1, 0.15) is 18.7 Å². The van der Waals surface area contributed by atoms with Crippen LogP contribution in [0.3, 0.4) is 0 Å². The van der Waals surface area contributed by atoms with Crippen LogP contribution in [0.5, 0.6) is 0 Å². The fourth-order valence-electron chi connectivity index (χ4n) is 7.08. The van der Waals surface area contributed by atoms with E-state index in [-0.39, 0.29) is 22.9 Å². The predicted octanol–water partition coefficient (Wildman–Crippen LogP) is -0.0863. The number of nitrogen functional groups attached to an aromatic ring is 2. The number of methoxy groups -OCH3 is 1. The van der Waals surface area contributed by atoms with Crippen LogP contribution in [0.2, 0.25) is 0 Å². The van der Waals surface area contributed by atoms with E-state index in [2.05, 4.69) is 42.2 Å². The zero-order valence-electron chi connectivity index (χ0n) is 24.2. The van der Waals surface area contributed by atoms with Gasteiger partial charge in [0.15, 0.2) is 28.9 Å². The molecule has 0 aromatic carbocycles. The fraction of sp³-hybridized carbons (Fsp3) is 0.565. The number of anilines is 2. The number of hydrogen-bond donors (Lipinski definition) is 6. The highest BCUT2D eigenvalue weighted by atomic mass is 32.7. The fourth-order valence-corrected chi connectivity index (χ4v) is 9.60. The number of nitrogens with zero attached hydrogens (tertiary/aromatic N) is 7. The lowest BCUT2D eigenvalue weighted by Gasteiger charge is -2.30. The summed E-state index contributed by atoms with van der Waals surface area (Å²) in [7, 11) is -3.64.